The number of hydrogen-bond acceptors (Lipinski definition) is 4. The molecule has 0 bridgehead atoms. The average molecular weight is 407 g/mol. The summed E-state index contributed by atoms with van der Waals surface area (Å²) in [5.41, 5.74) is 3.23. The molecule has 29 heavy (non-hydrogen) atoms. The molecule has 1 saturated carbocycles. The van der Waals surface area contributed by atoms with Gasteiger partial charge >= 0.3 is 0 Å². The molecular weight excluding hydrogens is 380 g/mol. The van der Waals surface area contributed by atoms with Crippen LogP contribution in [0.4, 0.5) is 0 Å². The van der Waals surface area contributed by atoms with E-state index in [2.05, 4.69) is 52.1 Å². The third kappa shape index (κ3) is 4.70. The first kappa shape index (κ1) is 19.7. The van der Waals surface area contributed by atoms with Crippen LogP contribution in [0.25, 0.3) is 11.4 Å². The van der Waals surface area contributed by atoms with Gasteiger partial charge in [-0.05, 0) is 37.8 Å². The molecule has 0 aliphatic heterocycles. The van der Waals surface area contributed by atoms with E-state index in [0.29, 0.717) is 6.04 Å². The second-order valence-electron chi connectivity index (χ2n) is 7.52. The average Bonchev–Trinajstić information content (AvgIpc) is 3.45. The SMILES string of the molecule is CCCn1c(SC(C(=O)NC2CC2)c2ccccc2)nnc1-c1cccc(C)c1. The predicted octanol–water partition coefficient (Wildman–Crippen LogP) is 4.78. The molecule has 6 heteroatoms. The standard InChI is InChI=1S/C23H26N4OS/c1-3-14-27-21(18-11-7-8-16(2)15-18)25-26-23(27)29-20(17-9-5-4-6-10-17)22(28)24-19-12-13-19/h4-11,15,19-20H,3,12-14H2,1-2H3,(H,24,28). The maximum atomic E-state index is 13.0. The molecule has 1 aromatic heterocycles. The maximum absolute atomic E-state index is 13.0. The van der Waals surface area contributed by atoms with E-state index in [-0.39, 0.29) is 11.2 Å². The van der Waals surface area contributed by atoms with Gasteiger partial charge in [0.1, 0.15) is 5.25 Å². The van der Waals surface area contributed by atoms with Crippen LogP contribution in [0.5, 0.6) is 0 Å². The molecule has 1 unspecified atom stereocenters. The molecule has 1 fully saturated rings. The van der Waals surface area contributed by atoms with E-state index >= 15 is 0 Å². The minimum Gasteiger partial charge on any atom is -0.352 e. The van der Waals surface area contributed by atoms with Gasteiger partial charge in [0, 0.05) is 18.2 Å². The molecule has 4 rings (SSSR count). The Labute approximate surface area is 175 Å². The highest BCUT2D eigenvalue weighted by molar-refractivity contribution is 8.00. The zero-order chi connectivity index (χ0) is 20.2. The van der Waals surface area contributed by atoms with Gasteiger partial charge in [-0.1, -0.05) is 72.8 Å². The fraction of sp³-hybridized carbons (Fsp3) is 0.348. The number of nitrogens with zero attached hydrogens (tertiary/aromatic N) is 3. The van der Waals surface area contributed by atoms with Crippen LogP contribution in [-0.4, -0.2) is 26.7 Å². The van der Waals surface area contributed by atoms with Crippen LogP contribution in [0, 0.1) is 6.92 Å². The highest BCUT2D eigenvalue weighted by Gasteiger charge is 2.30. The number of aromatic nitrogens is 3. The van der Waals surface area contributed by atoms with Gasteiger partial charge in [0.25, 0.3) is 0 Å². The fourth-order valence-electron chi connectivity index (χ4n) is 3.31. The number of aryl methyl sites for hydroxylation is 1. The summed E-state index contributed by atoms with van der Waals surface area (Å²) in [6.45, 7) is 5.03. The summed E-state index contributed by atoms with van der Waals surface area (Å²) in [6.07, 6.45) is 3.11. The lowest BCUT2D eigenvalue weighted by molar-refractivity contribution is -0.120. The molecule has 2 aromatic carbocycles. The third-order valence-corrected chi connectivity index (χ3v) is 6.16. The summed E-state index contributed by atoms with van der Waals surface area (Å²) in [5, 5.41) is 12.6. The minimum atomic E-state index is -0.345. The van der Waals surface area contributed by atoms with Crippen LogP contribution in [0.2, 0.25) is 0 Å². The van der Waals surface area contributed by atoms with Gasteiger partial charge in [-0.2, -0.15) is 0 Å². The van der Waals surface area contributed by atoms with Crippen LogP contribution in [-0.2, 0) is 11.3 Å². The van der Waals surface area contributed by atoms with Gasteiger partial charge in [-0.3, -0.25) is 4.79 Å². The first-order valence-corrected chi connectivity index (χ1v) is 11.1. The van der Waals surface area contributed by atoms with Crippen LogP contribution >= 0.6 is 11.8 Å². The smallest absolute Gasteiger partial charge is 0.238 e. The van der Waals surface area contributed by atoms with E-state index in [1.165, 1.54) is 17.3 Å². The molecule has 1 heterocycles. The first-order valence-electron chi connectivity index (χ1n) is 10.2. The van der Waals surface area contributed by atoms with Crippen molar-refractivity contribution < 1.29 is 4.79 Å². The second-order valence-corrected chi connectivity index (χ2v) is 8.59. The van der Waals surface area contributed by atoms with E-state index in [0.717, 1.165) is 47.9 Å². The Morgan fingerprint density at radius 3 is 2.66 bits per heavy atom. The molecule has 0 radical (unpaired) electrons. The Morgan fingerprint density at radius 1 is 1.17 bits per heavy atom. The van der Waals surface area contributed by atoms with Crippen molar-refractivity contribution in [3.05, 3.63) is 65.7 Å². The lowest BCUT2D eigenvalue weighted by Gasteiger charge is -2.17. The molecule has 150 valence electrons. The summed E-state index contributed by atoms with van der Waals surface area (Å²) >= 11 is 1.48. The number of carbonyl (C=O) groups is 1. The van der Waals surface area contributed by atoms with Gasteiger partial charge in [0.2, 0.25) is 5.91 Å². The van der Waals surface area contributed by atoms with Crippen molar-refractivity contribution in [1.82, 2.24) is 20.1 Å². The van der Waals surface area contributed by atoms with Crippen molar-refractivity contribution in [3.63, 3.8) is 0 Å². The Hall–Kier alpha value is -2.60. The fourth-order valence-corrected chi connectivity index (χ4v) is 4.38. The largest absolute Gasteiger partial charge is 0.352 e. The summed E-state index contributed by atoms with van der Waals surface area (Å²) in [7, 11) is 0. The number of rotatable bonds is 8. The predicted molar refractivity (Wildman–Crippen MR) is 117 cm³/mol. The number of hydrogen-bond donors (Lipinski definition) is 1. The van der Waals surface area contributed by atoms with Crippen LogP contribution in [0.3, 0.4) is 0 Å². The highest BCUT2D eigenvalue weighted by atomic mass is 32.2. The van der Waals surface area contributed by atoms with Crippen molar-refractivity contribution in [2.45, 2.75) is 56.1 Å². The van der Waals surface area contributed by atoms with Gasteiger partial charge in [-0.15, -0.1) is 10.2 Å². The molecule has 0 saturated heterocycles. The monoisotopic (exact) mass is 406 g/mol. The van der Waals surface area contributed by atoms with Gasteiger partial charge in [-0.25, -0.2) is 0 Å². The van der Waals surface area contributed by atoms with Crippen LogP contribution in [0.15, 0.2) is 59.8 Å². The van der Waals surface area contributed by atoms with E-state index in [1.807, 2.05) is 36.4 Å². The van der Waals surface area contributed by atoms with Crippen LogP contribution in [0.1, 0.15) is 42.6 Å². The van der Waals surface area contributed by atoms with E-state index in [1.54, 1.807) is 0 Å². The molecular formula is C23H26N4OS. The van der Waals surface area contributed by atoms with Gasteiger partial charge < -0.3 is 9.88 Å². The summed E-state index contributed by atoms with van der Waals surface area (Å²) in [6, 6.07) is 18.6. The molecule has 1 aliphatic rings. The number of thioether (sulfide) groups is 1. The quantitative estimate of drug-likeness (QED) is 0.547. The van der Waals surface area contributed by atoms with E-state index in [9.17, 15) is 4.79 Å². The van der Waals surface area contributed by atoms with Crippen molar-refractivity contribution in [3.8, 4) is 11.4 Å². The number of amides is 1. The Morgan fingerprint density at radius 2 is 1.97 bits per heavy atom. The van der Waals surface area contributed by atoms with Gasteiger partial charge in [0.15, 0.2) is 11.0 Å². The first-order chi connectivity index (χ1) is 14.2. The second kappa shape index (κ2) is 8.82. The van der Waals surface area contributed by atoms with E-state index < -0.39 is 0 Å². The molecule has 1 N–H and O–H groups in total. The minimum absolute atomic E-state index is 0.0480. The molecule has 5 nitrogen and oxygen atoms in total. The lowest BCUT2D eigenvalue weighted by atomic mass is 10.1. The van der Waals surface area contributed by atoms with Crippen molar-refractivity contribution in [2.24, 2.45) is 0 Å². The number of nitrogens with one attached hydrogen (secondary N) is 1. The Balaban J connectivity index is 1.67. The summed E-state index contributed by atoms with van der Waals surface area (Å²) in [5.74, 6) is 0.902. The Bertz CT molecular complexity index is 982. The van der Waals surface area contributed by atoms with Crippen molar-refractivity contribution in [2.75, 3.05) is 0 Å². The topological polar surface area (TPSA) is 59.8 Å². The summed E-state index contributed by atoms with van der Waals surface area (Å²) < 4.78 is 2.14. The number of carbonyl (C=O) groups excluding carboxylic acids is 1. The molecule has 1 amide bonds. The lowest BCUT2D eigenvalue weighted by Crippen LogP contribution is -2.30. The Kier molecular flexibility index (Phi) is 6.00. The summed E-state index contributed by atoms with van der Waals surface area (Å²) in [4.78, 5) is 13.0. The maximum Gasteiger partial charge on any atom is 0.238 e. The molecule has 1 aliphatic carbocycles. The number of benzene rings is 2. The van der Waals surface area contributed by atoms with Crippen molar-refractivity contribution in [1.29, 1.82) is 0 Å². The van der Waals surface area contributed by atoms with E-state index in [4.69, 9.17) is 0 Å². The molecule has 3 aromatic rings. The van der Waals surface area contributed by atoms with Crippen molar-refractivity contribution >= 4 is 17.7 Å². The highest BCUT2D eigenvalue weighted by Crippen LogP contribution is 2.37. The third-order valence-electron chi connectivity index (χ3n) is 4.93. The van der Waals surface area contributed by atoms with Gasteiger partial charge in [0.05, 0.1) is 0 Å². The molecule has 0 spiro atoms. The normalized spacial score (nSPS) is 14.6. The molecule has 1 atom stereocenters. The zero-order valence-corrected chi connectivity index (χ0v) is 17.7. The van der Waals surface area contributed by atoms with Crippen LogP contribution < -0.4 is 5.32 Å². The zero-order valence-electron chi connectivity index (χ0n) is 16.8.